The summed E-state index contributed by atoms with van der Waals surface area (Å²) in [6.45, 7) is 4.61. The number of aromatic nitrogens is 4. The van der Waals surface area contributed by atoms with Gasteiger partial charge in [0.05, 0.1) is 6.20 Å². The topological polar surface area (TPSA) is 35.6 Å². The van der Waals surface area contributed by atoms with Gasteiger partial charge >= 0.3 is 12.1 Å². The maximum Gasteiger partial charge on any atom is 0.422 e. The number of hydrogen-bond acceptors (Lipinski definition) is 2. The minimum absolute atomic E-state index is 0.397. The van der Waals surface area contributed by atoms with Crippen molar-refractivity contribution in [2.75, 3.05) is 0 Å². The molecule has 0 spiro atoms. The molecule has 0 saturated carbocycles. The molecule has 0 atom stereocenters. The highest BCUT2D eigenvalue weighted by Gasteiger charge is 2.57. The van der Waals surface area contributed by atoms with Crippen LogP contribution in [0, 0.1) is 0 Å². The second kappa shape index (κ2) is 7.44. The van der Waals surface area contributed by atoms with E-state index in [1.54, 1.807) is 18.2 Å². The van der Waals surface area contributed by atoms with E-state index in [1.807, 2.05) is 0 Å². The summed E-state index contributed by atoms with van der Waals surface area (Å²) in [5, 5.41) is 7.65. The number of benzene rings is 1. The van der Waals surface area contributed by atoms with Crippen LogP contribution in [-0.2, 0) is 19.1 Å². The van der Waals surface area contributed by atoms with E-state index in [1.165, 1.54) is 18.5 Å². The van der Waals surface area contributed by atoms with Crippen molar-refractivity contribution in [3.05, 3.63) is 59.0 Å². The van der Waals surface area contributed by atoms with E-state index in [0.29, 0.717) is 40.2 Å². The van der Waals surface area contributed by atoms with E-state index in [-0.39, 0.29) is 0 Å². The highest BCUT2D eigenvalue weighted by molar-refractivity contribution is 6.32. The standard InChI is InChI=1S/C20H17ClF6N4/c1-5-11-8-12(6-7-14(11)21)13-9-28-31(10-13)17-15(20(25,26)27)16(29-30(17)4)19(23,24)18(2,3)22/h5-10H,1H2,2-4H3. The normalized spacial score (nSPS) is 13.0. The molecule has 11 heteroatoms. The third-order valence-corrected chi connectivity index (χ3v) is 5.04. The van der Waals surface area contributed by atoms with Crippen LogP contribution in [0.1, 0.15) is 30.7 Å². The molecule has 0 fully saturated rings. The molecule has 0 aliphatic carbocycles. The van der Waals surface area contributed by atoms with Crippen LogP contribution in [0.3, 0.4) is 0 Å². The van der Waals surface area contributed by atoms with Crippen LogP contribution in [0.5, 0.6) is 0 Å². The summed E-state index contributed by atoms with van der Waals surface area (Å²) in [4.78, 5) is 0. The number of halogens is 7. The smallest absolute Gasteiger partial charge is 0.250 e. The summed E-state index contributed by atoms with van der Waals surface area (Å²) in [7, 11) is 1.05. The summed E-state index contributed by atoms with van der Waals surface area (Å²) in [6.07, 6.45) is -1.24. The zero-order valence-electron chi connectivity index (χ0n) is 16.6. The molecule has 0 radical (unpaired) electrons. The molecule has 0 saturated heterocycles. The largest absolute Gasteiger partial charge is 0.422 e. The molecule has 0 unspecified atom stereocenters. The molecule has 0 amide bonds. The van der Waals surface area contributed by atoms with Gasteiger partial charge in [-0.15, -0.1) is 0 Å². The average molecular weight is 463 g/mol. The summed E-state index contributed by atoms with van der Waals surface area (Å²) < 4.78 is 86.0. The second-order valence-electron chi connectivity index (χ2n) is 7.33. The van der Waals surface area contributed by atoms with Crippen molar-refractivity contribution in [3.63, 3.8) is 0 Å². The minimum atomic E-state index is -5.24. The van der Waals surface area contributed by atoms with Crippen LogP contribution in [0.2, 0.25) is 5.02 Å². The van der Waals surface area contributed by atoms with Gasteiger partial charge in [-0.25, -0.2) is 13.8 Å². The second-order valence-corrected chi connectivity index (χ2v) is 7.74. The molecular weight excluding hydrogens is 446 g/mol. The maximum absolute atomic E-state index is 14.6. The zero-order chi connectivity index (χ0) is 23.4. The molecule has 0 bridgehead atoms. The SMILES string of the molecule is C=Cc1cc(-c2cnn(-c3c(C(F)(F)F)c(C(F)(F)C(C)(C)F)nn3C)c2)ccc1Cl. The van der Waals surface area contributed by atoms with Gasteiger partial charge in [-0.05, 0) is 37.1 Å². The van der Waals surface area contributed by atoms with Crippen LogP contribution >= 0.6 is 11.6 Å². The molecule has 0 aliphatic rings. The third-order valence-electron chi connectivity index (χ3n) is 4.69. The maximum atomic E-state index is 14.6. The number of nitrogens with zero attached hydrogens (tertiary/aromatic N) is 4. The lowest BCUT2D eigenvalue weighted by molar-refractivity contribution is -0.156. The van der Waals surface area contributed by atoms with E-state index in [4.69, 9.17) is 11.6 Å². The lowest BCUT2D eigenvalue weighted by Crippen LogP contribution is -2.38. The Kier molecular flexibility index (Phi) is 5.50. The van der Waals surface area contributed by atoms with E-state index in [2.05, 4.69) is 16.8 Å². The fourth-order valence-corrected chi connectivity index (χ4v) is 3.20. The Morgan fingerprint density at radius 3 is 2.26 bits per heavy atom. The van der Waals surface area contributed by atoms with Gasteiger partial charge in [-0.1, -0.05) is 30.3 Å². The van der Waals surface area contributed by atoms with Gasteiger partial charge in [0.2, 0.25) is 0 Å². The highest BCUT2D eigenvalue weighted by atomic mass is 35.5. The molecule has 0 N–H and O–H groups in total. The monoisotopic (exact) mass is 462 g/mol. The summed E-state index contributed by atoms with van der Waals surface area (Å²) in [5.41, 5.74) is -5.19. The van der Waals surface area contributed by atoms with Gasteiger partial charge in [-0.3, -0.25) is 0 Å². The predicted molar refractivity (Wildman–Crippen MR) is 105 cm³/mol. The number of alkyl halides is 6. The Morgan fingerprint density at radius 1 is 1.06 bits per heavy atom. The number of aryl methyl sites for hydroxylation is 1. The Labute approximate surface area is 178 Å². The molecule has 3 rings (SSSR count). The molecule has 4 nitrogen and oxygen atoms in total. The molecule has 1 aromatic carbocycles. The Morgan fingerprint density at radius 2 is 1.71 bits per heavy atom. The Balaban J connectivity index is 2.20. The fraction of sp³-hybridized carbons (Fsp3) is 0.300. The predicted octanol–water partition coefficient (Wildman–Crippen LogP) is 6.43. The van der Waals surface area contributed by atoms with Crippen LogP contribution in [0.15, 0.2) is 37.2 Å². The quantitative estimate of drug-likeness (QED) is 0.410. The van der Waals surface area contributed by atoms with Gasteiger partial charge in [-0.2, -0.15) is 32.1 Å². The molecule has 2 heterocycles. The van der Waals surface area contributed by atoms with E-state index >= 15 is 0 Å². The molecular formula is C20H17ClF6N4. The van der Waals surface area contributed by atoms with Crippen molar-refractivity contribution < 1.29 is 26.3 Å². The van der Waals surface area contributed by atoms with Gasteiger partial charge < -0.3 is 0 Å². The van der Waals surface area contributed by atoms with Crippen LogP contribution in [0.4, 0.5) is 26.3 Å². The van der Waals surface area contributed by atoms with E-state index < -0.39 is 34.8 Å². The summed E-state index contributed by atoms with van der Waals surface area (Å²) in [6, 6.07) is 4.85. The zero-order valence-corrected chi connectivity index (χ0v) is 17.4. The third kappa shape index (κ3) is 3.96. The van der Waals surface area contributed by atoms with Crippen molar-refractivity contribution in [1.29, 1.82) is 0 Å². The summed E-state index contributed by atoms with van der Waals surface area (Å²) >= 11 is 6.03. The molecule has 3 aromatic rings. The lowest BCUT2D eigenvalue weighted by Gasteiger charge is -2.26. The van der Waals surface area contributed by atoms with E-state index in [9.17, 15) is 26.3 Å². The van der Waals surface area contributed by atoms with Gasteiger partial charge in [0.1, 0.15) is 11.3 Å². The number of rotatable bonds is 5. The number of hydrogen-bond donors (Lipinski definition) is 0. The minimum Gasteiger partial charge on any atom is -0.250 e. The van der Waals surface area contributed by atoms with E-state index in [0.717, 1.165) is 11.7 Å². The Bertz CT molecular complexity index is 1140. The molecule has 2 aromatic heterocycles. The molecule has 31 heavy (non-hydrogen) atoms. The van der Waals surface area contributed by atoms with Crippen LogP contribution in [-0.4, -0.2) is 25.2 Å². The van der Waals surface area contributed by atoms with Crippen molar-refractivity contribution in [2.45, 2.75) is 31.6 Å². The summed E-state index contributed by atoms with van der Waals surface area (Å²) in [5.74, 6) is -5.27. The average Bonchev–Trinajstić information content (AvgIpc) is 3.25. The van der Waals surface area contributed by atoms with Crippen LogP contribution < -0.4 is 0 Å². The first-order valence-electron chi connectivity index (χ1n) is 8.87. The van der Waals surface area contributed by atoms with Crippen molar-refractivity contribution in [2.24, 2.45) is 7.05 Å². The van der Waals surface area contributed by atoms with Crippen LogP contribution in [0.25, 0.3) is 23.0 Å². The highest BCUT2D eigenvalue weighted by Crippen LogP contribution is 2.47. The first-order chi connectivity index (χ1) is 14.2. The van der Waals surface area contributed by atoms with Gasteiger partial charge in [0, 0.05) is 23.8 Å². The lowest BCUT2D eigenvalue weighted by atomic mass is 9.96. The molecule has 0 aliphatic heterocycles. The Hall–Kier alpha value is -2.75. The molecule has 166 valence electrons. The van der Waals surface area contributed by atoms with Crippen molar-refractivity contribution in [1.82, 2.24) is 19.6 Å². The fourth-order valence-electron chi connectivity index (χ4n) is 3.01. The first kappa shape index (κ1) is 22.9. The van der Waals surface area contributed by atoms with Crippen molar-refractivity contribution in [3.8, 4) is 16.9 Å². The van der Waals surface area contributed by atoms with Gasteiger partial charge in [0.15, 0.2) is 11.5 Å². The first-order valence-corrected chi connectivity index (χ1v) is 9.25. The van der Waals surface area contributed by atoms with Gasteiger partial charge in [0.25, 0.3) is 0 Å². The van der Waals surface area contributed by atoms with Crippen molar-refractivity contribution >= 4 is 17.7 Å².